The van der Waals surface area contributed by atoms with Crippen LogP contribution >= 0.6 is 0 Å². The molecule has 1 saturated carbocycles. The third-order valence-electron chi connectivity index (χ3n) is 6.08. The zero-order chi connectivity index (χ0) is 19.4. The molecule has 0 aromatic carbocycles. The summed E-state index contributed by atoms with van der Waals surface area (Å²) in [5.41, 5.74) is 0. The van der Waals surface area contributed by atoms with Gasteiger partial charge in [-0.3, -0.25) is 9.59 Å². The van der Waals surface area contributed by atoms with E-state index < -0.39 is 18.1 Å². The lowest BCUT2D eigenvalue weighted by atomic mass is 9.86. The summed E-state index contributed by atoms with van der Waals surface area (Å²) in [7, 11) is 0. The summed E-state index contributed by atoms with van der Waals surface area (Å²) >= 11 is 0. The van der Waals surface area contributed by atoms with Crippen LogP contribution in [-0.2, 0) is 23.8 Å². The molecule has 1 aliphatic carbocycles. The van der Waals surface area contributed by atoms with Crippen molar-refractivity contribution in [2.45, 2.75) is 95.6 Å². The van der Waals surface area contributed by atoms with Gasteiger partial charge < -0.3 is 14.2 Å². The Hall–Kier alpha value is -1.08. The normalized spacial score (nSPS) is 33.7. The molecular weight excluding hydrogens is 358 g/mol. The number of unbranched alkanes of at least 4 members (excludes halogenated alkanes) is 1. The maximum atomic E-state index is 14.0. The van der Waals surface area contributed by atoms with E-state index in [-0.39, 0.29) is 49.1 Å². The van der Waals surface area contributed by atoms with Crippen molar-refractivity contribution in [2.24, 2.45) is 11.8 Å². The predicted octanol–water partition coefficient (Wildman–Crippen LogP) is 4.02. The fraction of sp³-hybridized carbons (Fsp3) is 0.900. The number of halogens is 2. The fourth-order valence-corrected chi connectivity index (χ4v) is 4.55. The number of hydrogen-bond acceptors (Lipinski definition) is 5. The molecule has 0 N–H and O–H groups in total. The van der Waals surface area contributed by atoms with Crippen LogP contribution < -0.4 is 0 Å². The lowest BCUT2D eigenvalue weighted by molar-refractivity contribution is -0.197. The molecule has 154 valence electrons. The molecule has 2 heterocycles. The summed E-state index contributed by atoms with van der Waals surface area (Å²) in [6, 6.07) is 0. The van der Waals surface area contributed by atoms with Gasteiger partial charge in [0.2, 0.25) is 5.78 Å². The number of alkyl halides is 2. The predicted molar refractivity (Wildman–Crippen MR) is 93.3 cm³/mol. The van der Waals surface area contributed by atoms with Gasteiger partial charge in [0.25, 0.3) is 0 Å². The van der Waals surface area contributed by atoms with Crippen molar-refractivity contribution in [1.82, 2.24) is 0 Å². The molecule has 3 rings (SSSR count). The number of ketones is 1. The van der Waals surface area contributed by atoms with Gasteiger partial charge in [-0.25, -0.2) is 0 Å². The van der Waals surface area contributed by atoms with Gasteiger partial charge in [-0.15, -0.1) is 0 Å². The van der Waals surface area contributed by atoms with Gasteiger partial charge in [0, 0.05) is 31.8 Å². The van der Waals surface area contributed by atoms with E-state index in [0.717, 1.165) is 19.3 Å². The van der Waals surface area contributed by atoms with E-state index in [0.29, 0.717) is 32.3 Å². The number of fused-ring (bicyclic) bond motifs is 1. The van der Waals surface area contributed by atoms with Crippen LogP contribution in [0.3, 0.4) is 0 Å². The van der Waals surface area contributed by atoms with Gasteiger partial charge in [0.15, 0.2) is 6.29 Å². The second kappa shape index (κ2) is 8.95. The summed E-state index contributed by atoms with van der Waals surface area (Å²) in [6.07, 6.45) is 3.64. The minimum Gasteiger partial charge on any atom is -0.462 e. The Morgan fingerprint density at radius 1 is 1.33 bits per heavy atom. The Morgan fingerprint density at radius 3 is 2.85 bits per heavy atom. The molecule has 2 saturated heterocycles. The van der Waals surface area contributed by atoms with E-state index in [4.69, 9.17) is 14.2 Å². The first-order valence-electron chi connectivity index (χ1n) is 10.3. The Morgan fingerprint density at radius 2 is 2.15 bits per heavy atom. The molecule has 5 atom stereocenters. The molecule has 3 fully saturated rings. The highest BCUT2D eigenvalue weighted by Crippen LogP contribution is 2.46. The van der Waals surface area contributed by atoms with Crippen LogP contribution in [-0.4, -0.2) is 42.8 Å². The van der Waals surface area contributed by atoms with Crippen molar-refractivity contribution in [3.8, 4) is 0 Å². The smallest absolute Gasteiger partial charge is 0.306 e. The average molecular weight is 388 g/mol. The maximum absolute atomic E-state index is 14.0. The van der Waals surface area contributed by atoms with E-state index >= 15 is 0 Å². The molecule has 5 nitrogen and oxygen atoms in total. The van der Waals surface area contributed by atoms with E-state index in [1.807, 2.05) is 6.92 Å². The van der Waals surface area contributed by atoms with Crippen LogP contribution in [0.5, 0.6) is 0 Å². The number of Topliss-reactive ketones (excluding diaryl/α,β-unsaturated/α-hetero) is 1. The van der Waals surface area contributed by atoms with Crippen LogP contribution in [0, 0.1) is 11.8 Å². The molecule has 0 amide bonds. The molecule has 0 aromatic rings. The number of carbonyl (C=O) groups is 2. The minimum atomic E-state index is -3.27. The second-order valence-corrected chi connectivity index (χ2v) is 8.04. The first-order valence-corrected chi connectivity index (χ1v) is 10.3. The van der Waals surface area contributed by atoms with Gasteiger partial charge in [-0.1, -0.05) is 13.3 Å². The van der Waals surface area contributed by atoms with Crippen molar-refractivity contribution in [3.63, 3.8) is 0 Å². The molecule has 2 unspecified atom stereocenters. The number of ether oxygens (including phenoxy) is 3. The van der Waals surface area contributed by atoms with Gasteiger partial charge in [-0.2, -0.15) is 8.78 Å². The summed E-state index contributed by atoms with van der Waals surface area (Å²) in [5, 5.41) is 0. The summed E-state index contributed by atoms with van der Waals surface area (Å²) in [4.78, 5) is 23.7. The third kappa shape index (κ3) is 5.05. The van der Waals surface area contributed by atoms with Crippen LogP contribution in [0.4, 0.5) is 8.78 Å². The maximum Gasteiger partial charge on any atom is 0.306 e. The highest BCUT2D eigenvalue weighted by Gasteiger charge is 2.51. The van der Waals surface area contributed by atoms with Crippen LogP contribution in [0.2, 0.25) is 0 Å². The zero-order valence-electron chi connectivity index (χ0n) is 16.0. The van der Waals surface area contributed by atoms with E-state index in [1.165, 1.54) is 0 Å². The Labute approximate surface area is 159 Å². The van der Waals surface area contributed by atoms with Gasteiger partial charge in [0.1, 0.15) is 6.10 Å². The second-order valence-electron chi connectivity index (χ2n) is 8.04. The van der Waals surface area contributed by atoms with Crippen molar-refractivity contribution in [3.05, 3.63) is 0 Å². The van der Waals surface area contributed by atoms with E-state index in [2.05, 4.69) is 0 Å². The van der Waals surface area contributed by atoms with Crippen molar-refractivity contribution in [1.29, 1.82) is 0 Å². The van der Waals surface area contributed by atoms with E-state index in [1.54, 1.807) is 0 Å². The number of esters is 1. The summed E-state index contributed by atoms with van der Waals surface area (Å²) < 4.78 is 45.1. The Bertz CT molecular complexity index is 532. The largest absolute Gasteiger partial charge is 0.462 e. The van der Waals surface area contributed by atoms with E-state index in [9.17, 15) is 18.4 Å². The molecule has 0 radical (unpaired) electrons. The standard InChI is InChI=1S/C20H30F2O5/c1-2-3-9-20(21,22)17(23)8-7-13-14-11-18(24)26-16(14)12-15(13)27-19-6-4-5-10-25-19/h13-16,19H,2-12H2,1H3/t13-,14-,15-,16?,19?/m1/s1. The zero-order valence-corrected chi connectivity index (χ0v) is 16.0. The van der Waals surface area contributed by atoms with Crippen LogP contribution in [0.1, 0.15) is 71.1 Å². The monoisotopic (exact) mass is 388 g/mol. The summed E-state index contributed by atoms with van der Waals surface area (Å²) in [5.74, 6) is -4.70. The molecule has 2 aliphatic heterocycles. The highest BCUT2D eigenvalue weighted by molar-refractivity contribution is 5.85. The first kappa shape index (κ1) is 20.6. The topological polar surface area (TPSA) is 61.8 Å². The molecule has 0 aromatic heterocycles. The summed E-state index contributed by atoms with van der Waals surface area (Å²) in [6.45, 7) is 2.48. The van der Waals surface area contributed by atoms with Crippen molar-refractivity contribution >= 4 is 11.8 Å². The fourth-order valence-electron chi connectivity index (χ4n) is 4.55. The van der Waals surface area contributed by atoms with Crippen molar-refractivity contribution < 1.29 is 32.6 Å². The van der Waals surface area contributed by atoms with Crippen LogP contribution in [0.15, 0.2) is 0 Å². The molecule has 0 spiro atoms. The molecule has 7 heteroatoms. The lowest BCUT2D eigenvalue weighted by Gasteiger charge is -2.30. The molecular formula is C20H30F2O5. The number of rotatable bonds is 9. The minimum absolute atomic E-state index is 0.0526. The third-order valence-corrected chi connectivity index (χ3v) is 6.08. The number of hydrogen-bond donors (Lipinski definition) is 0. The van der Waals surface area contributed by atoms with Gasteiger partial charge >= 0.3 is 11.9 Å². The lowest BCUT2D eigenvalue weighted by Crippen LogP contribution is -2.33. The van der Waals surface area contributed by atoms with Gasteiger partial charge in [0.05, 0.1) is 12.5 Å². The highest BCUT2D eigenvalue weighted by atomic mass is 19.3. The SMILES string of the molecule is CCCCC(F)(F)C(=O)CC[C@H]1[C@H](OC2CCCCO2)CC2OC(=O)C[C@@H]21. The molecule has 0 bridgehead atoms. The Kier molecular flexibility index (Phi) is 6.84. The quantitative estimate of drug-likeness (QED) is 0.558. The Balaban J connectivity index is 1.59. The number of carbonyl (C=O) groups excluding carboxylic acids is 2. The van der Waals surface area contributed by atoms with Gasteiger partial charge in [-0.05, 0) is 38.0 Å². The van der Waals surface area contributed by atoms with Crippen LogP contribution in [0.25, 0.3) is 0 Å². The average Bonchev–Trinajstić information content (AvgIpc) is 3.14. The van der Waals surface area contributed by atoms with Crippen molar-refractivity contribution in [2.75, 3.05) is 6.61 Å². The molecule has 27 heavy (non-hydrogen) atoms. The first-order chi connectivity index (χ1) is 12.9. The molecule has 3 aliphatic rings.